The molecular weight excluding hydrogens is 292 g/mol. The van der Waals surface area contributed by atoms with Crippen molar-refractivity contribution in [1.29, 1.82) is 0 Å². The van der Waals surface area contributed by atoms with Gasteiger partial charge >= 0.3 is 0 Å². The number of amides is 1. The molecule has 0 aliphatic rings. The van der Waals surface area contributed by atoms with E-state index >= 15 is 0 Å². The molecule has 0 aliphatic carbocycles. The zero-order valence-corrected chi connectivity index (χ0v) is 14.4. The van der Waals surface area contributed by atoms with Crippen LogP contribution in [0, 0.1) is 0 Å². The minimum Gasteiger partial charge on any atom is -0.491 e. The van der Waals surface area contributed by atoms with Gasteiger partial charge in [0.1, 0.15) is 0 Å². The second kappa shape index (κ2) is 6.86. The predicted octanol–water partition coefficient (Wildman–Crippen LogP) is 3.10. The van der Waals surface area contributed by atoms with Crippen LogP contribution < -0.4 is 14.8 Å². The van der Waals surface area contributed by atoms with Crippen LogP contribution in [0.15, 0.2) is 24.3 Å². The van der Waals surface area contributed by atoms with E-state index in [4.69, 9.17) is 9.47 Å². The number of aromatic nitrogens is 1. The van der Waals surface area contributed by atoms with E-state index in [0.717, 1.165) is 16.5 Å². The summed E-state index contributed by atoms with van der Waals surface area (Å²) in [5, 5.41) is 4.88. The molecule has 5 heteroatoms. The number of aryl methyl sites for hydroxylation is 1. The molecule has 124 valence electrons. The molecule has 0 fully saturated rings. The summed E-state index contributed by atoms with van der Waals surface area (Å²) in [6.45, 7) is 5.90. The van der Waals surface area contributed by atoms with Gasteiger partial charge in [-0.1, -0.05) is 24.3 Å². The summed E-state index contributed by atoms with van der Waals surface area (Å²) in [6, 6.07) is 7.85. The van der Waals surface area contributed by atoms with E-state index in [2.05, 4.69) is 10.3 Å². The third-order valence-corrected chi connectivity index (χ3v) is 3.41. The summed E-state index contributed by atoms with van der Waals surface area (Å²) < 4.78 is 10.8. The second-order valence-electron chi connectivity index (χ2n) is 6.44. The molecule has 2 rings (SSSR count). The van der Waals surface area contributed by atoms with Crippen LogP contribution >= 0.6 is 0 Å². The minimum atomic E-state index is -0.232. The molecule has 0 saturated heterocycles. The molecule has 1 aromatic carbocycles. The number of nitrogens with one attached hydrogen (secondary N) is 1. The van der Waals surface area contributed by atoms with Crippen molar-refractivity contribution in [2.24, 2.45) is 0 Å². The average Bonchev–Trinajstić information content (AvgIpc) is 2.50. The van der Waals surface area contributed by atoms with Crippen molar-refractivity contribution < 1.29 is 14.3 Å². The molecule has 0 atom stereocenters. The summed E-state index contributed by atoms with van der Waals surface area (Å²) in [5.41, 5.74) is 0.604. The third kappa shape index (κ3) is 4.12. The average molecular weight is 316 g/mol. The quantitative estimate of drug-likeness (QED) is 0.921. The van der Waals surface area contributed by atoms with Crippen LogP contribution in [0.1, 0.15) is 32.9 Å². The normalized spacial score (nSPS) is 11.3. The van der Waals surface area contributed by atoms with E-state index in [1.165, 1.54) is 0 Å². The molecule has 0 aliphatic heterocycles. The number of benzene rings is 1. The van der Waals surface area contributed by atoms with Crippen molar-refractivity contribution >= 4 is 16.7 Å². The first-order valence-corrected chi connectivity index (χ1v) is 7.66. The molecule has 0 unspecified atom stereocenters. The molecule has 23 heavy (non-hydrogen) atoms. The predicted molar refractivity (Wildman–Crippen MR) is 91.1 cm³/mol. The van der Waals surface area contributed by atoms with E-state index < -0.39 is 0 Å². The van der Waals surface area contributed by atoms with Crippen molar-refractivity contribution in [2.75, 3.05) is 14.2 Å². The molecule has 0 radical (unpaired) electrons. The van der Waals surface area contributed by atoms with Gasteiger partial charge in [0.25, 0.3) is 5.88 Å². The first-order valence-electron chi connectivity index (χ1n) is 7.66. The van der Waals surface area contributed by atoms with Crippen molar-refractivity contribution in [3.63, 3.8) is 0 Å². The maximum absolute atomic E-state index is 12.1. The minimum absolute atomic E-state index is 0.0122. The molecular formula is C18H24N2O3. The SMILES string of the molecule is COc1nc(CCC(=O)NC(C)(C)C)c2ccccc2c1OC. The maximum atomic E-state index is 12.1. The highest BCUT2D eigenvalue weighted by Crippen LogP contribution is 2.35. The molecule has 5 nitrogen and oxygen atoms in total. The van der Waals surface area contributed by atoms with Crippen LogP contribution in [0.3, 0.4) is 0 Å². The fourth-order valence-corrected chi connectivity index (χ4v) is 2.52. The number of carbonyl (C=O) groups is 1. The summed E-state index contributed by atoms with van der Waals surface area (Å²) >= 11 is 0. The Morgan fingerprint density at radius 2 is 1.78 bits per heavy atom. The molecule has 1 N–H and O–H groups in total. The lowest BCUT2D eigenvalue weighted by Gasteiger charge is -2.20. The number of ether oxygens (including phenoxy) is 2. The Morgan fingerprint density at radius 3 is 2.35 bits per heavy atom. The summed E-state index contributed by atoms with van der Waals surface area (Å²) in [7, 11) is 3.16. The maximum Gasteiger partial charge on any atom is 0.257 e. The second-order valence-corrected chi connectivity index (χ2v) is 6.44. The van der Waals surface area contributed by atoms with Crippen LogP contribution in [-0.4, -0.2) is 30.6 Å². The first-order chi connectivity index (χ1) is 10.9. The van der Waals surface area contributed by atoms with Gasteiger partial charge in [-0.25, -0.2) is 4.98 Å². The van der Waals surface area contributed by atoms with Gasteiger partial charge in [-0.05, 0) is 27.2 Å². The highest BCUT2D eigenvalue weighted by atomic mass is 16.5. The van der Waals surface area contributed by atoms with Gasteiger partial charge in [0.15, 0.2) is 5.75 Å². The van der Waals surface area contributed by atoms with Crippen molar-refractivity contribution in [2.45, 2.75) is 39.2 Å². The summed E-state index contributed by atoms with van der Waals surface area (Å²) in [6.07, 6.45) is 0.923. The molecule has 0 spiro atoms. The van der Waals surface area contributed by atoms with Crippen molar-refractivity contribution in [3.8, 4) is 11.6 Å². The Hall–Kier alpha value is -2.30. The smallest absolute Gasteiger partial charge is 0.257 e. The number of methoxy groups -OCH3 is 2. The Balaban J connectivity index is 2.32. The van der Waals surface area contributed by atoms with Crippen LogP contribution in [0.2, 0.25) is 0 Å². The molecule has 1 heterocycles. The standard InChI is InChI=1S/C18H24N2O3/c1-18(2,3)20-15(21)11-10-14-12-8-6-7-9-13(12)16(22-4)17(19-14)23-5/h6-9H,10-11H2,1-5H3,(H,20,21). The third-order valence-electron chi connectivity index (χ3n) is 3.41. The zero-order valence-electron chi connectivity index (χ0n) is 14.4. The molecule has 1 amide bonds. The molecule has 2 aromatic rings. The topological polar surface area (TPSA) is 60.5 Å². The van der Waals surface area contributed by atoms with Crippen molar-refractivity contribution in [1.82, 2.24) is 10.3 Å². The fourth-order valence-electron chi connectivity index (χ4n) is 2.52. The van der Waals surface area contributed by atoms with Gasteiger partial charge in [0.05, 0.1) is 19.9 Å². The fraction of sp³-hybridized carbons (Fsp3) is 0.444. The van der Waals surface area contributed by atoms with Crippen LogP contribution in [0.5, 0.6) is 11.6 Å². The van der Waals surface area contributed by atoms with Gasteiger partial charge in [-0.15, -0.1) is 0 Å². The lowest BCUT2D eigenvalue weighted by molar-refractivity contribution is -0.122. The molecule has 0 saturated carbocycles. The van der Waals surface area contributed by atoms with Crippen LogP contribution in [0.4, 0.5) is 0 Å². The van der Waals surface area contributed by atoms with Gasteiger partial charge in [-0.3, -0.25) is 4.79 Å². The Morgan fingerprint density at radius 1 is 1.13 bits per heavy atom. The van der Waals surface area contributed by atoms with Gasteiger partial charge < -0.3 is 14.8 Å². The Labute approximate surface area is 137 Å². The highest BCUT2D eigenvalue weighted by Gasteiger charge is 2.17. The van der Waals surface area contributed by atoms with E-state index in [9.17, 15) is 4.79 Å². The summed E-state index contributed by atoms with van der Waals surface area (Å²) in [5.74, 6) is 1.07. The van der Waals surface area contributed by atoms with Crippen LogP contribution in [-0.2, 0) is 11.2 Å². The van der Waals surface area contributed by atoms with E-state index in [0.29, 0.717) is 24.5 Å². The first kappa shape index (κ1) is 17.1. The van der Waals surface area contributed by atoms with E-state index in [1.54, 1.807) is 14.2 Å². The number of hydrogen-bond acceptors (Lipinski definition) is 4. The van der Waals surface area contributed by atoms with Gasteiger partial charge in [-0.2, -0.15) is 0 Å². The molecule has 1 aromatic heterocycles. The van der Waals surface area contributed by atoms with E-state index in [-0.39, 0.29) is 11.4 Å². The number of rotatable bonds is 5. The molecule has 0 bridgehead atoms. The largest absolute Gasteiger partial charge is 0.491 e. The number of fused-ring (bicyclic) bond motifs is 1. The van der Waals surface area contributed by atoms with Crippen molar-refractivity contribution in [3.05, 3.63) is 30.0 Å². The number of nitrogens with zero attached hydrogens (tertiary/aromatic N) is 1. The van der Waals surface area contributed by atoms with Gasteiger partial charge in [0.2, 0.25) is 5.91 Å². The van der Waals surface area contributed by atoms with Crippen LogP contribution in [0.25, 0.3) is 10.8 Å². The Kier molecular flexibility index (Phi) is 5.08. The Bertz CT molecular complexity index is 705. The van der Waals surface area contributed by atoms with Gasteiger partial charge in [0, 0.05) is 22.7 Å². The highest BCUT2D eigenvalue weighted by molar-refractivity contribution is 5.92. The lowest BCUT2D eigenvalue weighted by Crippen LogP contribution is -2.40. The summed E-state index contributed by atoms with van der Waals surface area (Å²) in [4.78, 5) is 16.6. The monoisotopic (exact) mass is 316 g/mol. The number of pyridine rings is 1. The van der Waals surface area contributed by atoms with E-state index in [1.807, 2.05) is 45.0 Å². The lowest BCUT2D eigenvalue weighted by atomic mass is 10.0. The number of hydrogen-bond donors (Lipinski definition) is 1. The number of carbonyl (C=O) groups excluding carboxylic acids is 1. The zero-order chi connectivity index (χ0) is 17.0.